The first-order valence-corrected chi connectivity index (χ1v) is 7.20. The zero-order chi connectivity index (χ0) is 13.2. The van der Waals surface area contributed by atoms with Crippen LogP contribution in [0.5, 0.6) is 0 Å². The maximum Gasteiger partial charge on any atom is 0.124 e. The first-order valence-electron chi connectivity index (χ1n) is 7.20. The molecule has 0 N–H and O–H groups in total. The molecule has 1 aliphatic heterocycles. The standard InChI is InChI=1S/C16H19FN2/c17-15-8-12(10-18)7-13(9-15)11-19-6-2-4-14-3-1-5-16(14)19/h7-9,14,16H,1-6,11H2. The van der Waals surface area contributed by atoms with Gasteiger partial charge in [0, 0.05) is 12.6 Å². The number of hydrogen-bond donors (Lipinski definition) is 0. The monoisotopic (exact) mass is 258 g/mol. The van der Waals surface area contributed by atoms with Crippen LogP contribution in [0.4, 0.5) is 4.39 Å². The summed E-state index contributed by atoms with van der Waals surface area (Å²) in [4.78, 5) is 2.50. The molecule has 1 aliphatic carbocycles. The number of rotatable bonds is 2. The average Bonchev–Trinajstić information content (AvgIpc) is 2.87. The number of benzene rings is 1. The number of piperidine rings is 1. The summed E-state index contributed by atoms with van der Waals surface area (Å²) in [6.45, 7) is 1.90. The molecule has 19 heavy (non-hydrogen) atoms. The summed E-state index contributed by atoms with van der Waals surface area (Å²) in [5.41, 5.74) is 1.36. The van der Waals surface area contributed by atoms with Gasteiger partial charge in [-0.25, -0.2) is 4.39 Å². The molecule has 1 saturated carbocycles. The van der Waals surface area contributed by atoms with Crippen molar-refractivity contribution >= 4 is 0 Å². The maximum atomic E-state index is 13.5. The molecule has 2 nitrogen and oxygen atoms in total. The van der Waals surface area contributed by atoms with Gasteiger partial charge in [-0.05, 0) is 61.9 Å². The van der Waals surface area contributed by atoms with E-state index in [0.29, 0.717) is 11.6 Å². The van der Waals surface area contributed by atoms with Gasteiger partial charge in [0.2, 0.25) is 0 Å². The minimum absolute atomic E-state index is 0.297. The lowest BCUT2D eigenvalue weighted by atomic mass is 9.91. The van der Waals surface area contributed by atoms with Crippen molar-refractivity contribution in [3.05, 3.63) is 35.1 Å². The second-order valence-electron chi connectivity index (χ2n) is 5.83. The Morgan fingerprint density at radius 2 is 2.05 bits per heavy atom. The number of likely N-dealkylation sites (tertiary alicyclic amines) is 1. The zero-order valence-electron chi connectivity index (χ0n) is 11.1. The Morgan fingerprint density at radius 3 is 2.89 bits per heavy atom. The van der Waals surface area contributed by atoms with E-state index in [2.05, 4.69) is 4.90 Å². The third-order valence-electron chi connectivity index (χ3n) is 4.58. The fraction of sp³-hybridized carbons (Fsp3) is 0.562. The van der Waals surface area contributed by atoms with Crippen molar-refractivity contribution in [1.29, 1.82) is 5.26 Å². The molecule has 0 radical (unpaired) electrons. The van der Waals surface area contributed by atoms with E-state index in [1.165, 1.54) is 38.2 Å². The first kappa shape index (κ1) is 12.6. The van der Waals surface area contributed by atoms with Crippen molar-refractivity contribution in [2.75, 3.05) is 6.54 Å². The van der Waals surface area contributed by atoms with Crippen LogP contribution in [-0.4, -0.2) is 17.5 Å². The Bertz CT molecular complexity index is 506. The lowest BCUT2D eigenvalue weighted by Crippen LogP contribution is -2.41. The van der Waals surface area contributed by atoms with Crippen LogP contribution in [0.3, 0.4) is 0 Å². The van der Waals surface area contributed by atoms with Crippen molar-refractivity contribution in [2.45, 2.75) is 44.7 Å². The third kappa shape index (κ3) is 2.64. The van der Waals surface area contributed by atoms with E-state index in [0.717, 1.165) is 24.6 Å². The number of fused-ring (bicyclic) bond motifs is 1. The Kier molecular flexibility index (Phi) is 3.52. The van der Waals surface area contributed by atoms with Gasteiger partial charge in [0.05, 0.1) is 11.6 Å². The predicted octanol–water partition coefficient (Wildman–Crippen LogP) is 3.46. The summed E-state index contributed by atoms with van der Waals surface area (Å²) in [6.07, 6.45) is 6.58. The second kappa shape index (κ2) is 5.30. The van der Waals surface area contributed by atoms with E-state index in [1.54, 1.807) is 6.07 Å². The van der Waals surface area contributed by atoms with E-state index < -0.39 is 0 Å². The van der Waals surface area contributed by atoms with E-state index in [1.807, 2.05) is 12.1 Å². The predicted molar refractivity (Wildman–Crippen MR) is 71.9 cm³/mol. The third-order valence-corrected chi connectivity index (χ3v) is 4.58. The lowest BCUT2D eigenvalue weighted by Gasteiger charge is -2.37. The molecule has 1 saturated heterocycles. The first-order chi connectivity index (χ1) is 9.26. The van der Waals surface area contributed by atoms with Crippen LogP contribution in [0, 0.1) is 23.1 Å². The van der Waals surface area contributed by atoms with Crippen LogP contribution >= 0.6 is 0 Å². The second-order valence-corrected chi connectivity index (χ2v) is 5.83. The highest BCUT2D eigenvalue weighted by atomic mass is 19.1. The van der Waals surface area contributed by atoms with Gasteiger partial charge in [-0.3, -0.25) is 4.90 Å². The topological polar surface area (TPSA) is 27.0 Å². The summed E-state index contributed by atoms with van der Waals surface area (Å²) in [7, 11) is 0. The fourth-order valence-corrected chi connectivity index (χ4v) is 3.79. The molecule has 2 atom stereocenters. The van der Waals surface area contributed by atoms with Gasteiger partial charge in [-0.1, -0.05) is 6.42 Å². The largest absolute Gasteiger partial charge is 0.296 e. The van der Waals surface area contributed by atoms with Gasteiger partial charge in [0.1, 0.15) is 5.82 Å². The molecule has 1 aromatic carbocycles. The molecule has 1 heterocycles. The molecular weight excluding hydrogens is 239 g/mol. The SMILES string of the molecule is N#Cc1cc(F)cc(CN2CCCC3CCCC32)c1. The Labute approximate surface area is 113 Å². The van der Waals surface area contributed by atoms with E-state index in [-0.39, 0.29) is 5.82 Å². The zero-order valence-corrected chi connectivity index (χ0v) is 11.1. The lowest BCUT2D eigenvalue weighted by molar-refractivity contribution is 0.106. The van der Waals surface area contributed by atoms with Gasteiger partial charge in [0.25, 0.3) is 0 Å². The number of nitrogens with zero attached hydrogens (tertiary/aromatic N) is 2. The molecule has 3 heteroatoms. The Morgan fingerprint density at radius 1 is 1.21 bits per heavy atom. The Hall–Kier alpha value is -1.40. The Balaban J connectivity index is 1.77. The summed E-state index contributed by atoms with van der Waals surface area (Å²) in [6, 6.07) is 7.41. The van der Waals surface area contributed by atoms with Gasteiger partial charge in [-0.2, -0.15) is 5.26 Å². The fourth-order valence-electron chi connectivity index (χ4n) is 3.79. The summed E-state index contributed by atoms with van der Waals surface area (Å²) in [5.74, 6) is 0.548. The van der Waals surface area contributed by atoms with E-state index in [4.69, 9.17) is 5.26 Å². The van der Waals surface area contributed by atoms with Crippen LogP contribution < -0.4 is 0 Å². The average molecular weight is 258 g/mol. The van der Waals surface area contributed by atoms with Crippen molar-refractivity contribution in [2.24, 2.45) is 5.92 Å². The van der Waals surface area contributed by atoms with Gasteiger partial charge in [-0.15, -0.1) is 0 Å². The molecule has 2 aliphatic rings. The highest BCUT2D eigenvalue weighted by molar-refractivity contribution is 5.33. The number of nitriles is 1. The van der Waals surface area contributed by atoms with Crippen LogP contribution in [0.25, 0.3) is 0 Å². The maximum absolute atomic E-state index is 13.5. The highest BCUT2D eigenvalue weighted by Gasteiger charge is 2.34. The summed E-state index contributed by atoms with van der Waals surface area (Å²) < 4.78 is 13.5. The van der Waals surface area contributed by atoms with Crippen LogP contribution in [0.15, 0.2) is 18.2 Å². The van der Waals surface area contributed by atoms with Crippen LogP contribution in [-0.2, 0) is 6.54 Å². The van der Waals surface area contributed by atoms with Crippen molar-refractivity contribution in [1.82, 2.24) is 4.90 Å². The molecule has 0 bridgehead atoms. The molecule has 0 spiro atoms. The van der Waals surface area contributed by atoms with Gasteiger partial charge in [0.15, 0.2) is 0 Å². The summed E-state index contributed by atoms with van der Waals surface area (Å²) >= 11 is 0. The van der Waals surface area contributed by atoms with E-state index >= 15 is 0 Å². The number of halogens is 1. The van der Waals surface area contributed by atoms with E-state index in [9.17, 15) is 4.39 Å². The quantitative estimate of drug-likeness (QED) is 0.812. The smallest absolute Gasteiger partial charge is 0.124 e. The number of hydrogen-bond acceptors (Lipinski definition) is 2. The van der Waals surface area contributed by atoms with Crippen molar-refractivity contribution in [3.63, 3.8) is 0 Å². The van der Waals surface area contributed by atoms with Gasteiger partial charge < -0.3 is 0 Å². The van der Waals surface area contributed by atoms with Crippen LogP contribution in [0.1, 0.15) is 43.2 Å². The van der Waals surface area contributed by atoms with Crippen molar-refractivity contribution in [3.8, 4) is 6.07 Å². The molecule has 2 unspecified atom stereocenters. The molecule has 1 aromatic rings. The van der Waals surface area contributed by atoms with Crippen LogP contribution in [0.2, 0.25) is 0 Å². The minimum atomic E-state index is -0.297. The summed E-state index contributed by atoms with van der Waals surface area (Å²) in [5, 5.41) is 8.91. The van der Waals surface area contributed by atoms with Crippen molar-refractivity contribution < 1.29 is 4.39 Å². The molecular formula is C16H19FN2. The molecule has 2 fully saturated rings. The molecule has 0 aromatic heterocycles. The molecule has 0 amide bonds. The molecule has 100 valence electrons. The normalized spacial score (nSPS) is 26.9. The minimum Gasteiger partial charge on any atom is -0.296 e. The van der Waals surface area contributed by atoms with Gasteiger partial charge >= 0.3 is 0 Å². The highest BCUT2D eigenvalue weighted by Crippen LogP contribution is 2.37. The molecule has 3 rings (SSSR count).